The number of carbonyl (C=O) groups excluding carboxylic acids is 1. The van der Waals surface area contributed by atoms with Crippen LogP contribution in [0.5, 0.6) is 0 Å². The number of aliphatic hydroxyl groups excluding tert-OH is 1. The molecule has 4 heteroatoms. The SMILES string of the molecule is CC(CNC(=O)c1ccc(C#CCO)cc1)N(C)C. The largest absolute Gasteiger partial charge is 0.384 e. The molecule has 19 heavy (non-hydrogen) atoms. The van der Waals surface area contributed by atoms with E-state index in [0.29, 0.717) is 18.2 Å². The van der Waals surface area contributed by atoms with Crippen LogP contribution < -0.4 is 5.32 Å². The van der Waals surface area contributed by atoms with Crippen molar-refractivity contribution in [1.29, 1.82) is 0 Å². The minimum absolute atomic E-state index is 0.0876. The van der Waals surface area contributed by atoms with Crippen LogP contribution in [0.1, 0.15) is 22.8 Å². The van der Waals surface area contributed by atoms with E-state index in [-0.39, 0.29) is 12.5 Å². The van der Waals surface area contributed by atoms with Crippen molar-refractivity contribution in [3.8, 4) is 11.8 Å². The molecule has 1 amide bonds. The molecule has 0 aliphatic carbocycles. The third kappa shape index (κ3) is 5.12. The van der Waals surface area contributed by atoms with Gasteiger partial charge in [0.25, 0.3) is 5.91 Å². The Kier molecular flexibility index (Phi) is 6.07. The van der Waals surface area contributed by atoms with Crippen molar-refractivity contribution in [2.45, 2.75) is 13.0 Å². The highest BCUT2D eigenvalue weighted by molar-refractivity contribution is 5.94. The van der Waals surface area contributed by atoms with E-state index < -0.39 is 0 Å². The summed E-state index contributed by atoms with van der Waals surface area (Å²) in [5.41, 5.74) is 1.40. The molecule has 0 radical (unpaired) electrons. The Labute approximate surface area is 114 Å². The first kappa shape index (κ1) is 15.2. The monoisotopic (exact) mass is 260 g/mol. The summed E-state index contributed by atoms with van der Waals surface area (Å²) in [6.07, 6.45) is 0. The van der Waals surface area contributed by atoms with Gasteiger partial charge in [-0.25, -0.2) is 0 Å². The average molecular weight is 260 g/mol. The number of aliphatic hydroxyl groups is 1. The summed E-state index contributed by atoms with van der Waals surface area (Å²) < 4.78 is 0. The van der Waals surface area contributed by atoms with Crippen LogP contribution in [-0.4, -0.2) is 49.2 Å². The predicted molar refractivity (Wildman–Crippen MR) is 75.9 cm³/mol. The second-order valence-corrected chi connectivity index (χ2v) is 4.56. The van der Waals surface area contributed by atoms with Gasteiger partial charge in [0.2, 0.25) is 0 Å². The Bertz CT molecular complexity index is 469. The van der Waals surface area contributed by atoms with Crippen LogP contribution in [0.4, 0.5) is 0 Å². The highest BCUT2D eigenvalue weighted by Crippen LogP contribution is 2.03. The van der Waals surface area contributed by atoms with Crippen LogP contribution in [0, 0.1) is 11.8 Å². The number of benzene rings is 1. The van der Waals surface area contributed by atoms with Crippen LogP contribution in [0.15, 0.2) is 24.3 Å². The van der Waals surface area contributed by atoms with Crippen LogP contribution in [0.25, 0.3) is 0 Å². The fraction of sp³-hybridized carbons (Fsp3) is 0.400. The van der Waals surface area contributed by atoms with Crippen molar-refractivity contribution in [3.05, 3.63) is 35.4 Å². The van der Waals surface area contributed by atoms with Crippen LogP contribution in [-0.2, 0) is 0 Å². The van der Waals surface area contributed by atoms with Crippen LogP contribution >= 0.6 is 0 Å². The molecule has 102 valence electrons. The van der Waals surface area contributed by atoms with Gasteiger partial charge in [-0.3, -0.25) is 4.79 Å². The Morgan fingerprint density at radius 2 is 2.00 bits per heavy atom. The maximum absolute atomic E-state index is 11.9. The normalized spacial score (nSPS) is 11.6. The molecule has 1 atom stereocenters. The molecular formula is C15H20N2O2. The first-order chi connectivity index (χ1) is 9.04. The lowest BCUT2D eigenvalue weighted by Gasteiger charge is -2.19. The van der Waals surface area contributed by atoms with Gasteiger partial charge in [-0.05, 0) is 45.3 Å². The Hall–Kier alpha value is -1.83. The van der Waals surface area contributed by atoms with E-state index in [1.54, 1.807) is 24.3 Å². The van der Waals surface area contributed by atoms with Crippen molar-refractivity contribution in [1.82, 2.24) is 10.2 Å². The minimum Gasteiger partial charge on any atom is -0.384 e. The number of carbonyl (C=O) groups is 1. The molecule has 2 N–H and O–H groups in total. The van der Waals surface area contributed by atoms with E-state index >= 15 is 0 Å². The molecule has 0 heterocycles. The van der Waals surface area contributed by atoms with Gasteiger partial charge in [-0.2, -0.15) is 0 Å². The summed E-state index contributed by atoms with van der Waals surface area (Å²) in [4.78, 5) is 13.9. The quantitative estimate of drug-likeness (QED) is 0.784. The van der Waals surface area contributed by atoms with Gasteiger partial charge in [0.05, 0.1) is 0 Å². The third-order valence-electron chi connectivity index (χ3n) is 2.90. The third-order valence-corrected chi connectivity index (χ3v) is 2.90. The number of rotatable bonds is 4. The standard InChI is InChI=1S/C15H20N2O2/c1-12(17(2)3)11-16-15(19)14-8-6-13(7-9-14)5-4-10-18/h6-9,12,18H,10-11H2,1-3H3,(H,16,19). The van der Waals surface area contributed by atoms with Crippen LogP contribution in [0.3, 0.4) is 0 Å². The average Bonchev–Trinajstić information content (AvgIpc) is 2.42. The Balaban J connectivity index is 2.58. The zero-order valence-electron chi connectivity index (χ0n) is 11.6. The van der Waals surface area contributed by atoms with Crippen LogP contribution in [0.2, 0.25) is 0 Å². The lowest BCUT2D eigenvalue weighted by molar-refractivity contribution is 0.0943. The molecule has 1 aromatic carbocycles. The molecule has 0 saturated heterocycles. The fourth-order valence-electron chi connectivity index (χ4n) is 1.37. The van der Waals surface area contributed by atoms with Crippen molar-refractivity contribution in [3.63, 3.8) is 0 Å². The molecule has 0 bridgehead atoms. The van der Waals surface area contributed by atoms with E-state index in [9.17, 15) is 4.79 Å². The Morgan fingerprint density at radius 1 is 1.37 bits per heavy atom. The lowest BCUT2D eigenvalue weighted by atomic mass is 10.1. The number of nitrogens with zero attached hydrogens (tertiary/aromatic N) is 1. The minimum atomic E-state index is -0.162. The number of hydrogen-bond donors (Lipinski definition) is 2. The summed E-state index contributed by atoms with van der Waals surface area (Å²) in [5.74, 6) is 5.26. The van der Waals surface area contributed by atoms with E-state index in [1.165, 1.54) is 0 Å². The predicted octanol–water partition coefficient (Wildman–Crippen LogP) is 0.710. The second-order valence-electron chi connectivity index (χ2n) is 4.56. The topological polar surface area (TPSA) is 52.6 Å². The second kappa shape index (κ2) is 7.57. The van der Waals surface area contributed by atoms with E-state index in [2.05, 4.69) is 17.2 Å². The summed E-state index contributed by atoms with van der Waals surface area (Å²) >= 11 is 0. The molecule has 0 aliphatic rings. The van der Waals surface area contributed by atoms with Crippen molar-refractivity contribution >= 4 is 5.91 Å². The summed E-state index contributed by atoms with van der Waals surface area (Å²) in [6, 6.07) is 7.30. The lowest BCUT2D eigenvalue weighted by Crippen LogP contribution is -2.38. The van der Waals surface area contributed by atoms with E-state index in [4.69, 9.17) is 5.11 Å². The number of likely N-dealkylation sites (N-methyl/N-ethyl adjacent to an activating group) is 1. The number of hydrogen-bond acceptors (Lipinski definition) is 3. The first-order valence-corrected chi connectivity index (χ1v) is 6.19. The van der Waals surface area contributed by atoms with Crippen molar-refractivity contribution < 1.29 is 9.90 Å². The van der Waals surface area contributed by atoms with Gasteiger partial charge in [-0.1, -0.05) is 11.8 Å². The zero-order chi connectivity index (χ0) is 14.3. The van der Waals surface area contributed by atoms with Gasteiger partial charge < -0.3 is 15.3 Å². The molecule has 0 aromatic heterocycles. The van der Waals surface area contributed by atoms with E-state index in [0.717, 1.165) is 5.56 Å². The summed E-state index contributed by atoms with van der Waals surface area (Å²) in [5, 5.41) is 11.5. The smallest absolute Gasteiger partial charge is 0.251 e. The molecule has 0 spiro atoms. The van der Waals surface area contributed by atoms with Crippen molar-refractivity contribution in [2.24, 2.45) is 0 Å². The molecule has 4 nitrogen and oxygen atoms in total. The van der Waals surface area contributed by atoms with Gasteiger partial charge in [-0.15, -0.1) is 0 Å². The summed E-state index contributed by atoms with van der Waals surface area (Å²) in [7, 11) is 3.96. The highest BCUT2D eigenvalue weighted by atomic mass is 16.2. The molecule has 1 unspecified atom stereocenters. The fourth-order valence-corrected chi connectivity index (χ4v) is 1.37. The first-order valence-electron chi connectivity index (χ1n) is 6.19. The molecule has 1 rings (SSSR count). The Morgan fingerprint density at radius 3 is 2.53 bits per heavy atom. The van der Waals surface area contributed by atoms with Gasteiger partial charge >= 0.3 is 0 Å². The molecule has 0 saturated carbocycles. The highest BCUT2D eigenvalue weighted by Gasteiger charge is 2.08. The van der Waals surface area contributed by atoms with Gasteiger partial charge in [0.1, 0.15) is 6.61 Å². The number of nitrogens with one attached hydrogen (secondary N) is 1. The zero-order valence-corrected chi connectivity index (χ0v) is 11.6. The molecular weight excluding hydrogens is 240 g/mol. The van der Waals surface area contributed by atoms with Gasteiger partial charge in [0.15, 0.2) is 0 Å². The van der Waals surface area contributed by atoms with E-state index in [1.807, 2.05) is 25.9 Å². The number of amides is 1. The van der Waals surface area contributed by atoms with Gasteiger partial charge in [0, 0.05) is 23.7 Å². The molecule has 0 fully saturated rings. The maximum Gasteiger partial charge on any atom is 0.251 e. The molecule has 0 aliphatic heterocycles. The maximum atomic E-state index is 11.9. The van der Waals surface area contributed by atoms with Crippen molar-refractivity contribution in [2.75, 3.05) is 27.2 Å². The summed E-state index contributed by atoms with van der Waals surface area (Å²) in [6.45, 7) is 2.50. The molecule has 1 aromatic rings.